The molecule has 12 nitrogen and oxygen atoms in total. The maximum Gasteiger partial charge on any atom is 0.323 e. The third-order valence-electron chi connectivity index (χ3n) is 5.67. The van der Waals surface area contributed by atoms with Gasteiger partial charge >= 0.3 is 17.9 Å². The Labute approximate surface area is 218 Å². The lowest BCUT2D eigenvalue weighted by atomic mass is 10.1. The summed E-state index contributed by atoms with van der Waals surface area (Å²) < 4.78 is 0. The Bertz CT molecular complexity index is 1270. The summed E-state index contributed by atoms with van der Waals surface area (Å²) in [5, 5.41) is 36.1. The highest BCUT2D eigenvalue weighted by Crippen LogP contribution is 2.19. The molecule has 38 heavy (non-hydrogen) atoms. The maximum atomic E-state index is 10.6. The van der Waals surface area contributed by atoms with Crippen LogP contribution in [-0.2, 0) is 27.2 Å². The summed E-state index contributed by atoms with van der Waals surface area (Å²) in [5.41, 5.74) is 19.8. The van der Waals surface area contributed by atoms with Crippen LogP contribution in [0.1, 0.15) is 18.1 Å². The minimum absolute atomic E-state index is 0.347. The number of aliphatic carboxylic acids is 3. The van der Waals surface area contributed by atoms with Crippen LogP contribution in [0.4, 0.5) is 0 Å². The molecule has 0 radical (unpaired) electrons. The zero-order chi connectivity index (χ0) is 28.4. The lowest BCUT2D eigenvalue weighted by molar-refractivity contribution is -0.141. The second-order valence-electron chi connectivity index (χ2n) is 8.62. The number of aromatic amines is 2. The number of aliphatic hydroxyl groups is 1. The summed E-state index contributed by atoms with van der Waals surface area (Å²) in [7, 11) is 0. The molecule has 4 aromatic rings. The topological polar surface area (TPSA) is 242 Å². The van der Waals surface area contributed by atoms with Crippen LogP contribution in [-0.4, -0.2) is 72.5 Å². The normalized spacial score (nSPS) is 13.8. The monoisotopic (exact) mass is 527 g/mol. The number of para-hydroxylation sites is 2. The van der Waals surface area contributed by atoms with Crippen molar-refractivity contribution in [3.8, 4) is 0 Å². The predicted octanol–water partition coefficient (Wildman–Crippen LogP) is 1.02. The summed E-state index contributed by atoms with van der Waals surface area (Å²) in [6.45, 7) is 1.33. The van der Waals surface area contributed by atoms with Gasteiger partial charge in [-0.2, -0.15) is 0 Å². The number of carboxylic acids is 3. The van der Waals surface area contributed by atoms with E-state index in [9.17, 15) is 14.4 Å². The van der Waals surface area contributed by atoms with Crippen LogP contribution in [0.25, 0.3) is 21.8 Å². The average molecular weight is 528 g/mol. The minimum atomic E-state index is -1.18. The van der Waals surface area contributed by atoms with Gasteiger partial charge in [-0.3, -0.25) is 14.4 Å². The first-order valence-corrected chi connectivity index (χ1v) is 11.7. The predicted molar refractivity (Wildman–Crippen MR) is 143 cm³/mol. The van der Waals surface area contributed by atoms with E-state index in [1.165, 1.54) is 6.92 Å². The largest absolute Gasteiger partial charge is 0.480 e. The van der Waals surface area contributed by atoms with Gasteiger partial charge in [-0.15, -0.1) is 0 Å². The van der Waals surface area contributed by atoms with Crippen LogP contribution < -0.4 is 17.2 Å². The van der Waals surface area contributed by atoms with Gasteiger partial charge in [0.2, 0.25) is 0 Å². The van der Waals surface area contributed by atoms with Gasteiger partial charge in [-0.05, 0) is 30.2 Å². The van der Waals surface area contributed by atoms with Crippen LogP contribution >= 0.6 is 0 Å². The van der Waals surface area contributed by atoms with Gasteiger partial charge in [0.25, 0.3) is 0 Å². The van der Waals surface area contributed by atoms with Crippen LogP contribution in [0.5, 0.6) is 0 Å². The van der Waals surface area contributed by atoms with Crippen molar-refractivity contribution in [3.05, 3.63) is 72.1 Å². The molecule has 2 aromatic carbocycles. The molecule has 0 amide bonds. The highest BCUT2D eigenvalue weighted by atomic mass is 16.4. The molecule has 0 aliphatic heterocycles. The molecule has 0 saturated carbocycles. The fourth-order valence-electron chi connectivity index (χ4n) is 3.46. The molecule has 2 aromatic heterocycles. The number of H-pyrrole nitrogens is 2. The molecule has 204 valence electrons. The Hall–Kier alpha value is -4.23. The molecule has 4 rings (SSSR count). The van der Waals surface area contributed by atoms with E-state index in [1.54, 1.807) is 0 Å². The number of carbonyl (C=O) groups is 3. The minimum Gasteiger partial charge on any atom is -0.480 e. The van der Waals surface area contributed by atoms with Crippen molar-refractivity contribution in [1.29, 1.82) is 0 Å². The molecule has 12 heteroatoms. The van der Waals surface area contributed by atoms with Crippen LogP contribution in [0.15, 0.2) is 60.9 Å². The number of hydrogen-bond acceptors (Lipinski definition) is 7. The van der Waals surface area contributed by atoms with Crippen molar-refractivity contribution < 1.29 is 34.8 Å². The molecule has 0 saturated heterocycles. The molecular weight excluding hydrogens is 494 g/mol. The van der Waals surface area contributed by atoms with Gasteiger partial charge in [0, 0.05) is 47.0 Å². The van der Waals surface area contributed by atoms with Crippen molar-refractivity contribution in [1.82, 2.24) is 9.97 Å². The molecule has 0 aliphatic carbocycles. The van der Waals surface area contributed by atoms with Gasteiger partial charge in [-0.25, -0.2) is 0 Å². The third-order valence-corrected chi connectivity index (χ3v) is 5.67. The van der Waals surface area contributed by atoms with Gasteiger partial charge in [0.05, 0.1) is 6.10 Å². The van der Waals surface area contributed by atoms with E-state index in [0.717, 1.165) is 32.9 Å². The molecule has 0 bridgehead atoms. The molecule has 4 unspecified atom stereocenters. The fourth-order valence-corrected chi connectivity index (χ4v) is 3.46. The van der Waals surface area contributed by atoms with E-state index < -0.39 is 42.1 Å². The molecule has 2 heterocycles. The lowest BCUT2D eigenvalue weighted by Crippen LogP contribution is -2.39. The highest BCUT2D eigenvalue weighted by Gasteiger charge is 2.16. The first-order valence-electron chi connectivity index (χ1n) is 11.7. The first-order chi connectivity index (χ1) is 17.9. The van der Waals surface area contributed by atoms with Gasteiger partial charge in [0.15, 0.2) is 0 Å². The molecule has 0 aliphatic rings. The van der Waals surface area contributed by atoms with E-state index >= 15 is 0 Å². The zero-order valence-corrected chi connectivity index (χ0v) is 20.7. The molecule has 0 spiro atoms. The Morgan fingerprint density at radius 1 is 0.711 bits per heavy atom. The Morgan fingerprint density at radius 3 is 1.37 bits per heavy atom. The number of carboxylic acid groups (broad SMARTS) is 3. The first kappa shape index (κ1) is 30.0. The third kappa shape index (κ3) is 8.42. The zero-order valence-electron chi connectivity index (χ0n) is 20.7. The van der Waals surface area contributed by atoms with Gasteiger partial charge < -0.3 is 47.6 Å². The van der Waals surface area contributed by atoms with Crippen molar-refractivity contribution in [2.24, 2.45) is 17.2 Å². The number of nitrogens with one attached hydrogen (secondary N) is 2. The summed E-state index contributed by atoms with van der Waals surface area (Å²) >= 11 is 0. The Kier molecular flexibility index (Phi) is 11.0. The van der Waals surface area contributed by atoms with E-state index in [2.05, 4.69) is 9.97 Å². The van der Waals surface area contributed by atoms with Crippen LogP contribution in [0, 0.1) is 0 Å². The van der Waals surface area contributed by atoms with Gasteiger partial charge in [0.1, 0.15) is 18.1 Å². The standard InChI is InChI=1S/2C11H12N2O2.C4H9NO3/c2*12-9(11(14)15)5-7-6-13-10-4-2-1-3-8(7)10;1-2(6)3(5)4(7)8/h2*1-4,6,9,13H,5,12H2,(H,14,15);2-3,6H,5H2,1H3,(H,7,8). The number of benzene rings is 2. The van der Waals surface area contributed by atoms with E-state index in [1.807, 2.05) is 60.9 Å². The molecule has 12 N–H and O–H groups in total. The van der Waals surface area contributed by atoms with Gasteiger partial charge in [-0.1, -0.05) is 36.4 Å². The summed E-state index contributed by atoms with van der Waals surface area (Å²) in [5.74, 6) is -3.12. The van der Waals surface area contributed by atoms with Crippen molar-refractivity contribution in [2.45, 2.75) is 44.0 Å². The maximum absolute atomic E-state index is 10.6. The van der Waals surface area contributed by atoms with E-state index in [4.69, 9.17) is 37.6 Å². The highest BCUT2D eigenvalue weighted by molar-refractivity contribution is 5.85. The Morgan fingerprint density at radius 2 is 1.08 bits per heavy atom. The van der Waals surface area contributed by atoms with Crippen LogP contribution in [0.2, 0.25) is 0 Å². The quantitative estimate of drug-likeness (QED) is 0.157. The number of hydrogen-bond donors (Lipinski definition) is 9. The van der Waals surface area contributed by atoms with E-state index in [-0.39, 0.29) is 0 Å². The fraction of sp³-hybridized carbons (Fsp3) is 0.269. The second kappa shape index (κ2) is 13.9. The molecular formula is C26H33N5O7. The molecule has 0 fully saturated rings. The second-order valence-corrected chi connectivity index (χ2v) is 8.62. The number of nitrogens with two attached hydrogens (primary N) is 3. The smallest absolute Gasteiger partial charge is 0.323 e. The summed E-state index contributed by atoms with van der Waals surface area (Å²) in [4.78, 5) is 37.3. The summed E-state index contributed by atoms with van der Waals surface area (Å²) in [6, 6.07) is 12.7. The summed E-state index contributed by atoms with van der Waals surface area (Å²) in [6.07, 6.45) is 3.34. The average Bonchev–Trinajstić information content (AvgIpc) is 3.48. The van der Waals surface area contributed by atoms with E-state index in [0.29, 0.717) is 12.8 Å². The van der Waals surface area contributed by atoms with Crippen LogP contribution in [0.3, 0.4) is 0 Å². The van der Waals surface area contributed by atoms with Crippen molar-refractivity contribution >= 4 is 39.7 Å². The number of fused-ring (bicyclic) bond motifs is 2. The van der Waals surface area contributed by atoms with Crippen molar-refractivity contribution in [2.75, 3.05) is 0 Å². The molecule has 4 atom stereocenters. The number of rotatable bonds is 8. The lowest BCUT2D eigenvalue weighted by Gasteiger charge is -2.06. The Balaban J connectivity index is 0.000000211. The number of aliphatic hydroxyl groups excluding tert-OH is 1. The number of aromatic nitrogens is 2. The SMILES string of the molecule is CC(O)C(N)C(=O)O.NC(Cc1c[nH]c2ccccc12)C(=O)O.NC(Cc1c[nH]c2ccccc12)C(=O)O. The van der Waals surface area contributed by atoms with Crippen molar-refractivity contribution in [3.63, 3.8) is 0 Å².